The molecule has 0 saturated heterocycles. The van der Waals surface area contributed by atoms with Crippen LogP contribution in [0.15, 0.2) is 231 Å². The van der Waals surface area contributed by atoms with Gasteiger partial charge in [0.25, 0.3) is 0 Å². The van der Waals surface area contributed by atoms with Gasteiger partial charge in [0, 0.05) is 0 Å². The van der Waals surface area contributed by atoms with Gasteiger partial charge in [-0.25, -0.2) is 0 Å². The number of rotatable bonds is 6. The third kappa shape index (κ3) is 4.60. The van der Waals surface area contributed by atoms with Crippen LogP contribution in [0.4, 0.5) is 0 Å². The van der Waals surface area contributed by atoms with E-state index in [-0.39, 0.29) is 0 Å². The van der Waals surface area contributed by atoms with Crippen molar-refractivity contribution in [3.05, 3.63) is 275 Å². The molecule has 0 aliphatic heterocycles. The molecular formula is C56H38. The predicted molar refractivity (Wildman–Crippen MR) is 232 cm³/mol. The van der Waals surface area contributed by atoms with Gasteiger partial charge in [-0.15, -0.1) is 0 Å². The first-order chi connectivity index (χ1) is 27.8. The molecule has 262 valence electrons. The molecule has 0 atom stereocenters. The molecule has 0 heterocycles. The van der Waals surface area contributed by atoms with Gasteiger partial charge in [-0.3, -0.25) is 0 Å². The average Bonchev–Trinajstić information content (AvgIpc) is 3.76. The highest BCUT2D eigenvalue weighted by molar-refractivity contribution is 5.88. The maximum Gasteiger partial charge on any atom is 0.0713 e. The molecule has 9 aromatic carbocycles. The molecule has 2 aliphatic rings. The molecule has 0 amide bonds. The van der Waals surface area contributed by atoms with Gasteiger partial charge in [0.15, 0.2) is 0 Å². The normalized spacial score (nSPS) is 14.0. The van der Waals surface area contributed by atoms with E-state index < -0.39 is 10.8 Å². The fourth-order valence-electron chi connectivity index (χ4n) is 10.2. The van der Waals surface area contributed by atoms with Gasteiger partial charge in [-0.05, 0) is 107 Å². The molecule has 9 aromatic rings. The third-order valence-electron chi connectivity index (χ3n) is 12.4. The van der Waals surface area contributed by atoms with Crippen LogP contribution in [0.2, 0.25) is 0 Å². The second kappa shape index (κ2) is 12.8. The fraction of sp³-hybridized carbons (Fsp3) is 0.0357. The maximum absolute atomic E-state index is 2.43. The first kappa shape index (κ1) is 32.4. The van der Waals surface area contributed by atoms with Crippen LogP contribution in [0, 0.1) is 0 Å². The average molecular weight is 711 g/mol. The minimum absolute atomic E-state index is 0.435. The summed E-state index contributed by atoms with van der Waals surface area (Å²) in [6, 6.07) is 85.6. The Labute approximate surface area is 329 Å². The zero-order valence-corrected chi connectivity index (χ0v) is 30.9. The van der Waals surface area contributed by atoms with Gasteiger partial charge >= 0.3 is 0 Å². The van der Waals surface area contributed by atoms with E-state index in [1.807, 2.05) is 0 Å². The van der Waals surface area contributed by atoms with Crippen LogP contribution in [-0.4, -0.2) is 0 Å². The van der Waals surface area contributed by atoms with Crippen molar-refractivity contribution in [2.45, 2.75) is 10.8 Å². The Morgan fingerprint density at radius 2 is 0.464 bits per heavy atom. The molecule has 56 heavy (non-hydrogen) atoms. The van der Waals surface area contributed by atoms with Crippen molar-refractivity contribution in [3.8, 4) is 44.5 Å². The SMILES string of the molecule is c1ccc(C2(c3cccc(-c4cccc(-c5cccc(C6(c7ccccc7)c7ccccc7-c7ccccc76)c5)c4)c3)c3ccccc3-c3ccccc32)cc1. The van der Waals surface area contributed by atoms with Gasteiger partial charge in [-0.2, -0.15) is 0 Å². The smallest absolute Gasteiger partial charge is 0.0622 e. The van der Waals surface area contributed by atoms with Crippen LogP contribution in [0.25, 0.3) is 44.5 Å². The molecule has 0 aromatic heterocycles. The highest BCUT2D eigenvalue weighted by atomic mass is 14.5. The molecule has 0 nitrogen and oxygen atoms in total. The summed E-state index contributed by atoms with van der Waals surface area (Å²) < 4.78 is 0. The summed E-state index contributed by atoms with van der Waals surface area (Å²) in [6.07, 6.45) is 0. The van der Waals surface area contributed by atoms with Crippen molar-refractivity contribution < 1.29 is 0 Å². The number of fused-ring (bicyclic) bond motifs is 6. The van der Waals surface area contributed by atoms with Gasteiger partial charge in [0.1, 0.15) is 0 Å². The summed E-state index contributed by atoms with van der Waals surface area (Å²) >= 11 is 0. The quantitative estimate of drug-likeness (QED) is 0.161. The second-order valence-corrected chi connectivity index (χ2v) is 15.2. The van der Waals surface area contributed by atoms with Crippen molar-refractivity contribution in [2.75, 3.05) is 0 Å². The first-order valence-electron chi connectivity index (χ1n) is 19.6. The van der Waals surface area contributed by atoms with E-state index in [2.05, 4.69) is 231 Å². The lowest BCUT2D eigenvalue weighted by molar-refractivity contribution is 0.769. The van der Waals surface area contributed by atoms with E-state index in [1.165, 1.54) is 89.0 Å². The number of benzene rings is 9. The van der Waals surface area contributed by atoms with E-state index >= 15 is 0 Å². The third-order valence-corrected chi connectivity index (χ3v) is 12.4. The minimum Gasteiger partial charge on any atom is -0.0622 e. The number of hydrogen-bond donors (Lipinski definition) is 0. The van der Waals surface area contributed by atoms with Crippen LogP contribution in [-0.2, 0) is 10.8 Å². The lowest BCUT2D eigenvalue weighted by Crippen LogP contribution is -2.28. The Hall–Kier alpha value is -7.02. The Bertz CT molecular complexity index is 2630. The highest BCUT2D eigenvalue weighted by Gasteiger charge is 2.47. The van der Waals surface area contributed by atoms with Crippen LogP contribution < -0.4 is 0 Å². The second-order valence-electron chi connectivity index (χ2n) is 15.2. The molecule has 0 N–H and O–H groups in total. The summed E-state index contributed by atoms with van der Waals surface area (Å²) in [5, 5.41) is 0. The van der Waals surface area contributed by atoms with Crippen LogP contribution in [0.3, 0.4) is 0 Å². The topological polar surface area (TPSA) is 0 Å². The van der Waals surface area contributed by atoms with Gasteiger partial charge in [-0.1, -0.05) is 212 Å². The summed E-state index contributed by atoms with van der Waals surface area (Å²) in [4.78, 5) is 0. The molecule has 0 saturated carbocycles. The highest BCUT2D eigenvalue weighted by Crippen LogP contribution is 2.58. The first-order valence-corrected chi connectivity index (χ1v) is 19.6. The fourth-order valence-corrected chi connectivity index (χ4v) is 10.2. The standard InChI is InChI=1S/C56H38/c1-3-22-43(23-4-1)55(51-32-11-7-28-47(51)48-29-8-12-33-52(48)55)45-26-16-20-41(37-45)39-18-15-19-40(36-39)42-21-17-27-46(38-42)56(44-24-5-2-6-25-44)53-34-13-9-30-49(53)50-31-10-14-35-54(50)56/h1-38H. The molecule has 0 unspecified atom stereocenters. The summed E-state index contributed by atoms with van der Waals surface area (Å²) in [6.45, 7) is 0. The van der Waals surface area contributed by atoms with E-state index in [0.29, 0.717) is 0 Å². The van der Waals surface area contributed by atoms with E-state index in [9.17, 15) is 0 Å². The molecular weight excluding hydrogens is 673 g/mol. The van der Waals surface area contributed by atoms with E-state index in [1.54, 1.807) is 0 Å². The van der Waals surface area contributed by atoms with Crippen molar-refractivity contribution in [1.29, 1.82) is 0 Å². The zero-order chi connectivity index (χ0) is 37.1. The van der Waals surface area contributed by atoms with Crippen molar-refractivity contribution >= 4 is 0 Å². The number of hydrogen-bond acceptors (Lipinski definition) is 0. The lowest BCUT2D eigenvalue weighted by atomic mass is 9.67. The predicted octanol–water partition coefficient (Wildman–Crippen LogP) is 13.7. The monoisotopic (exact) mass is 710 g/mol. The summed E-state index contributed by atoms with van der Waals surface area (Å²) in [5.74, 6) is 0. The molecule has 11 rings (SSSR count). The molecule has 0 fully saturated rings. The Kier molecular flexibility index (Phi) is 7.41. The van der Waals surface area contributed by atoms with Crippen LogP contribution in [0.5, 0.6) is 0 Å². The van der Waals surface area contributed by atoms with Crippen molar-refractivity contribution in [1.82, 2.24) is 0 Å². The van der Waals surface area contributed by atoms with Gasteiger partial charge < -0.3 is 0 Å². The maximum atomic E-state index is 2.43. The summed E-state index contributed by atoms with van der Waals surface area (Å²) in [5.41, 5.74) is 19.6. The van der Waals surface area contributed by atoms with Gasteiger partial charge in [0.05, 0.1) is 10.8 Å². The molecule has 0 spiro atoms. The molecule has 2 aliphatic carbocycles. The molecule has 0 heteroatoms. The Morgan fingerprint density at radius 1 is 0.196 bits per heavy atom. The van der Waals surface area contributed by atoms with E-state index in [0.717, 1.165) is 0 Å². The zero-order valence-electron chi connectivity index (χ0n) is 30.9. The summed E-state index contributed by atoms with van der Waals surface area (Å²) in [7, 11) is 0. The van der Waals surface area contributed by atoms with Crippen molar-refractivity contribution in [2.24, 2.45) is 0 Å². The molecule has 0 radical (unpaired) electrons. The lowest BCUT2D eigenvalue weighted by Gasteiger charge is -2.34. The Balaban J connectivity index is 1.06. The van der Waals surface area contributed by atoms with Crippen LogP contribution in [0.1, 0.15) is 44.5 Å². The van der Waals surface area contributed by atoms with Gasteiger partial charge in [0.2, 0.25) is 0 Å². The van der Waals surface area contributed by atoms with E-state index in [4.69, 9.17) is 0 Å². The van der Waals surface area contributed by atoms with Crippen LogP contribution >= 0.6 is 0 Å². The van der Waals surface area contributed by atoms with Crippen molar-refractivity contribution in [3.63, 3.8) is 0 Å². The molecule has 0 bridgehead atoms. The minimum atomic E-state index is -0.435. The largest absolute Gasteiger partial charge is 0.0713 e. The Morgan fingerprint density at radius 3 is 0.821 bits per heavy atom.